The molecule has 4 heteroatoms. The lowest BCUT2D eigenvalue weighted by Crippen LogP contribution is -2.04. The number of methoxy groups -OCH3 is 1. The van der Waals surface area contributed by atoms with Gasteiger partial charge >= 0.3 is 0 Å². The minimum absolute atomic E-state index is 0.235. The van der Waals surface area contributed by atoms with E-state index in [0.29, 0.717) is 25.2 Å². The highest BCUT2D eigenvalue weighted by Gasteiger charge is 2.08. The molecule has 178 valence electrons. The van der Waals surface area contributed by atoms with Crippen molar-refractivity contribution in [1.82, 2.24) is 0 Å². The monoisotopic (exact) mass is 442 g/mol. The van der Waals surface area contributed by atoms with E-state index >= 15 is 0 Å². The number of aliphatic hydroxyl groups is 1. The summed E-state index contributed by atoms with van der Waals surface area (Å²) in [5.74, 6) is 1.79. The summed E-state index contributed by atoms with van der Waals surface area (Å²) < 4.78 is 5.28. The standard InChI is InChI=1S/C28H42O4/c1-19(2)11-14-27(30)22(5)10-8-9-20(3)15-25(29)16-21(4)12-13-24-18-26(32-7)17-23(6)28(24)31/h10,12,15,17-19,25,29,31H,8-9,11,13-14,16H2,1-7H3. The topological polar surface area (TPSA) is 66.8 Å². The second kappa shape index (κ2) is 13.9. The predicted molar refractivity (Wildman–Crippen MR) is 133 cm³/mol. The van der Waals surface area contributed by atoms with Crippen LogP contribution in [0.2, 0.25) is 0 Å². The summed E-state index contributed by atoms with van der Waals surface area (Å²) in [6.07, 6.45) is 9.70. The Kier molecular flexibility index (Phi) is 12.1. The largest absolute Gasteiger partial charge is 0.507 e. The van der Waals surface area contributed by atoms with Crippen molar-refractivity contribution in [3.63, 3.8) is 0 Å². The van der Waals surface area contributed by atoms with Gasteiger partial charge in [0.15, 0.2) is 5.78 Å². The van der Waals surface area contributed by atoms with Gasteiger partial charge in [0.05, 0.1) is 13.2 Å². The lowest BCUT2D eigenvalue weighted by Gasteiger charge is -2.11. The third kappa shape index (κ3) is 10.3. The smallest absolute Gasteiger partial charge is 0.158 e. The minimum Gasteiger partial charge on any atom is -0.507 e. The van der Waals surface area contributed by atoms with E-state index in [9.17, 15) is 15.0 Å². The van der Waals surface area contributed by atoms with Gasteiger partial charge in [0.1, 0.15) is 11.5 Å². The van der Waals surface area contributed by atoms with Gasteiger partial charge in [0, 0.05) is 12.0 Å². The normalized spacial score (nSPS) is 14.1. The van der Waals surface area contributed by atoms with E-state index in [1.54, 1.807) is 7.11 Å². The summed E-state index contributed by atoms with van der Waals surface area (Å²) in [7, 11) is 1.61. The number of hydrogen-bond acceptors (Lipinski definition) is 4. The number of carbonyl (C=O) groups is 1. The molecule has 0 saturated heterocycles. The fourth-order valence-corrected chi connectivity index (χ4v) is 3.51. The van der Waals surface area contributed by atoms with Crippen molar-refractivity contribution in [3.05, 3.63) is 58.2 Å². The number of ether oxygens (including phenoxy) is 1. The number of carbonyl (C=O) groups excluding carboxylic acids is 1. The Morgan fingerprint density at radius 1 is 1.09 bits per heavy atom. The Balaban J connectivity index is 2.57. The molecule has 1 unspecified atom stereocenters. The first-order valence-corrected chi connectivity index (χ1v) is 11.6. The fraction of sp³-hybridized carbons (Fsp3) is 0.536. The summed E-state index contributed by atoms with van der Waals surface area (Å²) in [5, 5.41) is 20.7. The molecule has 0 aliphatic rings. The molecule has 0 heterocycles. The van der Waals surface area contributed by atoms with E-state index in [1.807, 2.05) is 58.1 Å². The van der Waals surface area contributed by atoms with Crippen molar-refractivity contribution in [1.29, 1.82) is 0 Å². The van der Waals surface area contributed by atoms with Gasteiger partial charge in [-0.05, 0) is 89.0 Å². The van der Waals surface area contributed by atoms with Crippen LogP contribution in [0.1, 0.15) is 77.8 Å². The molecule has 0 aliphatic carbocycles. The summed E-state index contributed by atoms with van der Waals surface area (Å²) in [6, 6.07) is 3.65. The number of ketones is 1. The maximum atomic E-state index is 12.1. The van der Waals surface area contributed by atoms with Crippen molar-refractivity contribution in [3.8, 4) is 11.5 Å². The number of Topliss-reactive ketones (excluding diaryl/α,β-unsaturated/α-hetero) is 1. The molecule has 0 amide bonds. The van der Waals surface area contributed by atoms with Crippen molar-refractivity contribution in [2.24, 2.45) is 5.92 Å². The van der Waals surface area contributed by atoms with Crippen LogP contribution in [-0.4, -0.2) is 29.2 Å². The molecule has 0 aromatic heterocycles. The third-order valence-corrected chi connectivity index (χ3v) is 5.64. The average Bonchev–Trinajstić information content (AvgIpc) is 2.72. The molecule has 0 aliphatic heterocycles. The van der Waals surface area contributed by atoms with E-state index in [-0.39, 0.29) is 11.5 Å². The fourth-order valence-electron chi connectivity index (χ4n) is 3.51. The van der Waals surface area contributed by atoms with Gasteiger partial charge < -0.3 is 14.9 Å². The number of allylic oxidation sites excluding steroid dienone is 4. The number of hydrogen-bond donors (Lipinski definition) is 2. The predicted octanol–water partition coefficient (Wildman–Crippen LogP) is 6.63. The lowest BCUT2D eigenvalue weighted by molar-refractivity contribution is -0.115. The molecule has 1 atom stereocenters. The highest BCUT2D eigenvalue weighted by molar-refractivity contribution is 5.94. The van der Waals surface area contributed by atoms with Crippen LogP contribution in [0.5, 0.6) is 11.5 Å². The van der Waals surface area contributed by atoms with Gasteiger partial charge in [-0.3, -0.25) is 4.79 Å². The molecule has 0 bridgehead atoms. The highest BCUT2D eigenvalue weighted by Crippen LogP contribution is 2.28. The van der Waals surface area contributed by atoms with E-state index in [0.717, 1.165) is 52.9 Å². The summed E-state index contributed by atoms with van der Waals surface area (Å²) in [4.78, 5) is 12.1. The first-order chi connectivity index (χ1) is 15.0. The van der Waals surface area contributed by atoms with Gasteiger partial charge in [-0.25, -0.2) is 0 Å². The van der Waals surface area contributed by atoms with E-state index < -0.39 is 6.10 Å². The van der Waals surface area contributed by atoms with E-state index in [2.05, 4.69) is 13.8 Å². The number of phenolic OH excluding ortho intramolecular Hbond substituents is 1. The van der Waals surface area contributed by atoms with Gasteiger partial charge in [0.2, 0.25) is 0 Å². The zero-order chi connectivity index (χ0) is 24.3. The SMILES string of the molecule is COc1cc(C)c(O)c(CC=C(C)CC(O)C=C(C)CCC=C(C)C(=O)CCC(C)C)c1. The second-order valence-corrected chi connectivity index (χ2v) is 9.27. The van der Waals surface area contributed by atoms with Crippen LogP contribution in [0.3, 0.4) is 0 Å². The van der Waals surface area contributed by atoms with Gasteiger partial charge in [-0.15, -0.1) is 0 Å². The van der Waals surface area contributed by atoms with Crippen LogP contribution in [-0.2, 0) is 11.2 Å². The van der Waals surface area contributed by atoms with Crippen molar-refractivity contribution in [2.75, 3.05) is 7.11 Å². The van der Waals surface area contributed by atoms with Crippen molar-refractivity contribution >= 4 is 5.78 Å². The molecular weight excluding hydrogens is 400 g/mol. The molecular formula is C28H42O4. The molecule has 1 aromatic rings. The average molecular weight is 443 g/mol. The molecule has 0 saturated carbocycles. The molecule has 1 rings (SSSR count). The summed E-state index contributed by atoms with van der Waals surface area (Å²) in [5.41, 5.74) is 4.62. The summed E-state index contributed by atoms with van der Waals surface area (Å²) in [6.45, 7) is 12.0. The first-order valence-electron chi connectivity index (χ1n) is 11.6. The van der Waals surface area contributed by atoms with E-state index in [1.165, 1.54) is 0 Å². The molecule has 1 aromatic carbocycles. The Hall–Kier alpha value is -2.33. The van der Waals surface area contributed by atoms with Crippen LogP contribution in [0, 0.1) is 12.8 Å². The number of benzene rings is 1. The van der Waals surface area contributed by atoms with Crippen LogP contribution in [0.15, 0.2) is 47.1 Å². The van der Waals surface area contributed by atoms with Gasteiger partial charge in [-0.2, -0.15) is 0 Å². The number of aliphatic hydroxyl groups excluding tert-OH is 1. The maximum absolute atomic E-state index is 12.1. The maximum Gasteiger partial charge on any atom is 0.158 e. The number of aromatic hydroxyl groups is 1. The van der Waals surface area contributed by atoms with Crippen molar-refractivity contribution < 1.29 is 19.7 Å². The summed E-state index contributed by atoms with van der Waals surface area (Å²) >= 11 is 0. The number of phenols is 1. The molecule has 0 radical (unpaired) electrons. The van der Waals surface area contributed by atoms with Crippen LogP contribution in [0.4, 0.5) is 0 Å². The molecule has 32 heavy (non-hydrogen) atoms. The van der Waals surface area contributed by atoms with Crippen LogP contribution < -0.4 is 4.74 Å². The van der Waals surface area contributed by atoms with E-state index in [4.69, 9.17) is 4.74 Å². The molecule has 4 nitrogen and oxygen atoms in total. The second-order valence-electron chi connectivity index (χ2n) is 9.27. The Morgan fingerprint density at radius 3 is 2.41 bits per heavy atom. The van der Waals surface area contributed by atoms with Crippen molar-refractivity contribution in [2.45, 2.75) is 86.2 Å². The van der Waals surface area contributed by atoms with Crippen LogP contribution in [0.25, 0.3) is 0 Å². The molecule has 2 N–H and O–H groups in total. The zero-order valence-electron chi connectivity index (χ0n) is 21.0. The third-order valence-electron chi connectivity index (χ3n) is 5.64. The highest BCUT2D eigenvalue weighted by atomic mass is 16.5. The van der Waals surface area contributed by atoms with Gasteiger partial charge in [0.25, 0.3) is 0 Å². The number of aryl methyl sites for hydroxylation is 1. The Labute approximate surface area is 194 Å². The van der Waals surface area contributed by atoms with Crippen LogP contribution >= 0.6 is 0 Å². The van der Waals surface area contributed by atoms with Gasteiger partial charge in [-0.1, -0.05) is 43.2 Å². The zero-order valence-corrected chi connectivity index (χ0v) is 21.0. The Morgan fingerprint density at radius 2 is 1.78 bits per heavy atom. The Bertz CT molecular complexity index is 843. The molecule has 0 fully saturated rings. The first kappa shape index (κ1) is 27.7. The number of rotatable bonds is 13. The quantitative estimate of drug-likeness (QED) is 0.266. The lowest BCUT2D eigenvalue weighted by atomic mass is 10.00. The minimum atomic E-state index is -0.551. The molecule has 0 spiro atoms.